The van der Waals surface area contributed by atoms with E-state index in [-0.39, 0.29) is 5.75 Å². The highest BCUT2D eigenvalue weighted by Gasteiger charge is 2.10. The van der Waals surface area contributed by atoms with Crippen LogP contribution >= 0.6 is 0 Å². The third-order valence-electron chi connectivity index (χ3n) is 4.03. The highest BCUT2D eigenvalue weighted by molar-refractivity contribution is 5.82. The lowest BCUT2D eigenvalue weighted by Gasteiger charge is -2.26. The maximum absolute atomic E-state index is 14.0. The zero-order valence-corrected chi connectivity index (χ0v) is 13.8. The molecule has 0 N–H and O–H groups in total. The lowest BCUT2D eigenvalue weighted by Crippen LogP contribution is -2.38. The van der Waals surface area contributed by atoms with Gasteiger partial charge >= 0.3 is 0 Å². The summed E-state index contributed by atoms with van der Waals surface area (Å²) in [6, 6.07) is 3.02. The fourth-order valence-electron chi connectivity index (χ4n) is 2.63. The van der Waals surface area contributed by atoms with Crippen LogP contribution in [0.1, 0.15) is 5.69 Å². The zero-order chi connectivity index (χ0) is 16.8. The number of hydrogen-bond acceptors (Lipinski definition) is 6. The van der Waals surface area contributed by atoms with Gasteiger partial charge in [0.15, 0.2) is 11.6 Å². The Kier molecular flexibility index (Phi) is 5.90. The van der Waals surface area contributed by atoms with Crippen LogP contribution in [0.15, 0.2) is 18.5 Å². The molecule has 1 aromatic heterocycles. The molecule has 7 heteroatoms. The van der Waals surface area contributed by atoms with Crippen LogP contribution in [0.2, 0.25) is 0 Å². The van der Waals surface area contributed by atoms with Crippen molar-refractivity contribution in [2.45, 2.75) is 6.92 Å². The van der Waals surface area contributed by atoms with Crippen LogP contribution in [0.25, 0.3) is 10.9 Å². The summed E-state index contributed by atoms with van der Waals surface area (Å²) in [6.45, 7) is 7.57. The molecule has 3 rings (SSSR count). The van der Waals surface area contributed by atoms with E-state index in [4.69, 9.17) is 14.2 Å². The Labute approximate surface area is 140 Å². The highest BCUT2D eigenvalue weighted by Crippen LogP contribution is 2.24. The molecule has 130 valence electrons. The van der Waals surface area contributed by atoms with Crippen LogP contribution in [0.4, 0.5) is 4.39 Å². The number of hydrogen-bond donors (Lipinski definition) is 0. The standard InChI is InChI=1S/C17H22FN3O3/c1-13-14-10-17(15(18)11-16(14)20-12-19-13)24-9-8-23-7-4-21-2-5-22-6-3-21/h10-12H,2-9H2,1H3. The number of fused-ring (bicyclic) bond motifs is 1. The van der Waals surface area contributed by atoms with E-state index in [0.717, 1.165) is 43.9 Å². The molecule has 1 saturated heterocycles. The molecule has 1 aliphatic heterocycles. The molecule has 0 saturated carbocycles. The maximum Gasteiger partial charge on any atom is 0.167 e. The first-order valence-corrected chi connectivity index (χ1v) is 8.15. The zero-order valence-electron chi connectivity index (χ0n) is 13.8. The van der Waals surface area contributed by atoms with Gasteiger partial charge in [0.05, 0.1) is 31.9 Å². The highest BCUT2D eigenvalue weighted by atomic mass is 19.1. The molecule has 6 nitrogen and oxygen atoms in total. The summed E-state index contributed by atoms with van der Waals surface area (Å²) in [5.74, 6) is -0.217. The lowest BCUT2D eigenvalue weighted by molar-refractivity contribution is 0.0169. The van der Waals surface area contributed by atoms with Gasteiger partial charge in [0.1, 0.15) is 12.9 Å². The van der Waals surface area contributed by atoms with Gasteiger partial charge in [0, 0.05) is 36.8 Å². The molecule has 1 aromatic carbocycles. The van der Waals surface area contributed by atoms with Crippen molar-refractivity contribution in [3.63, 3.8) is 0 Å². The van der Waals surface area contributed by atoms with E-state index in [0.29, 0.717) is 25.3 Å². The van der Waals surface area contributed by atoms with Crippen LogP contribution in [-0.2, 0) is 9.47 Å². The van der Waals surface area contributed by atoms with Gasteiger partial charge in [-0.05, 0) is 13.0 Å². The molecule has 0 atom stereocenters. The van der Waals surface area contributed by atoms with Gasteiger partial charge in [-0.1, -0.05) is 0 Å². The largest absolute Gasteiger partial charge is 0.488 e. The SMILES string of the molecule is Cc1ncnc2cc(F)c(OCCOCCN3CCOCC3)cc12. The predicted octanol–water partition coefficient (Wildman–Crippen LogP) is 1.80. The molecule has 1 fully saturated rings. The van der Waals surface area contributed by atoms with Crippen molar-refractivity contribution in [3.8, 4) is 5.75 Å². The third-order valence-corrected chi connectivity index (χ3v) is 4.03. The van der Waals surface area contributed by atoms with E-state index in [1.807, 2.05) is 6.92 Å². The fraction of sp³-hybridized carbons (Fsp3) is 0.529. The molecule has 24 heavy (non-hydrogen) atoms. The van der Waals surface area contributed by atoms with E-state index in [1.54, 1.807) is 6.07 Å². The monoisotopic (exact) mass is 335 g/mol. The molecule has 0 unspecified atom stereocenters. The molecule has 2 heterocycles. The Hall–Kier alpha value is -1.83. The number of rotatable bonds is 7. The number of benzene rings is 1. The summed E-state index contributed by atoms with van der Waals surface area (Å²) in [4.78, 5) is 10.5. The first-order chi connectivity index (χ1) is 11.7. The predicted molar refractivity (Wildman–Crippen MR) is 87.8 cm³/mol. The Morgan fingerprint density at radius 1 is 1.17 bits per heavy atom. The number of nitrogens with zero attached hydrogens (tertiary/aromatic N) is 3. The van der Waals surface area contributed by atoms with Gasteiger partial charge in [0.2, 0.25) is 0 Å². The number of halogens is 1. The van der Waals surface area contributed by atoms with Gasteiger partial charge in [0.25, 0.3) is 0 Å². The fourth-order valence-corrected chi connectivity index (χ4v) is 2.63. The molecular weight excluding hydrogens is 313 g/mol. The first-order valence-electron chi connectivity index (χ1n) is 8.15. The molecule has 0 aliphatic carbocycles. The molecular formula is C17H22FN3O3. The Balaban J connectivity index is 1.44. The van der Waals surface area contributed by atoms with Crippen molar-refractivity contribution < 1.29 is 18.6 Å². The quantitative estimate of drug-likeness (QED) is 0.719. The maximum atomic E-state index is 14.0. The molecule has 0 bridgehead atoms. The van der Waals surface area contributed by atoms with Crippen molar-refractivity contribution in [2.24, 2.45) is 0 Å². The van der Waals surface area contributed by atoms with E-state index >= 15 is 0 Å². The molecule has 1 aliphatic rings. The van der Waals surface area contributed by atoms with Gasteiger partial charge < -0.3 is 14.2 Å². The third kappa shape index (κ3) is 4.37. The normalized spacial score (nSPS) is 15.8. The Bertz CT molecular complexity index is 677. The smallest absolute Gasteiger partial charge is 0.167 e. The number of aromatic nitrogens is 2. The number of aryl methyl sites for hydroxylation is 1. The molecule has 0 radical (unpaired) electrons. The minimum atomic E-state index is -0.422. The van der Waals surface area contributed by atoms with Crippen molar-refractivity contribution >= 4 is 10.9 Å². The summed E-state index contributed by atoms with van der Waals surface area (Å²) in [5, 5.41) is 0.794. The summed E-state index contributed by atoms with van der Waals surface area (Å²) in [5.41, 5.74) is 1.38. The van der Waals surface area contributed by atoms with Gasteiger partial charge in [-0.15, -0.1) is 0 Å². The van der Waals surface area contributed by atoms with E-state index < -0.39 is 5.82 Å². The van der Waals surface area contributed by atoms with Crippen LogP contribution in [0, 0.1) is 12.7 Å². The van der Waals surface area contributed by atoms with Crippen LogP contribution in [0.5, 0.6) is 5.75 Å². The second-order valence-corrected chi connectivity index (χ2v) is 5.67. The summed E-state index contributed by atoms with van der Waals surface area (Å²) in [7, 11) is 0. The summed E-state index contributed by atoms with van der Waals surface area (Å²) < 4.78 is 30.4. The second kappa shape index (κ2) is 8.32. The van der Waals surface area contributed by atoms with E-state index in [9.17, 15) is 4.39 Å². The first kappa shape index (κ1) is 17.0. The minimum absolute atomic E-state index is 0.206. The van der Waals surface area contributed by atoms with Gasteiger partial charge in [-0.2, -0.15) is 0 Å². The molecule has 0 amide bonds. The average molecular weight is 335 g/mol. The van der Waals surface area contributed by atoms with Crippen LogP contribution in [0.3, 0.4) is 0 Å². The van der Waals surface area contributed by atoms with Crippen molar-refractivity contribution in [3.05, 3.63) is 30.0 Å². The molecule has 0 spiro atoms. The van der Waals surface area contributed by atoms with Gasteiger partial charge in [-0.25, -0.2) is 14.4 Å². The van der Waals surface area contributed by atoms with E-state index in [2.05, 4.69) is 14.9 Å². The number of ether oxygens (including phenoxy) is 3. The Morgan fingerprint density at radius 3 is 2.83 bits per heavy atom. The average Bonchev–Trinajstić information content (AvgIpc) is 2.60. The summed E-state index contributed by atoms with van der Waals surface area (Å²) >= 11 is 0. The van der Waals surface area contributed by atoms with Crippen molar-refractivity contribution in [1.82, 2.24) is 14.9 Å². The minimum Gasteiger partial charge on any atom is -0.488 e. The van der Waals surface area contributed by atoms with Crippen molar-refractivity contribution in [1.29, 1.82) is 0 Å². The van der Waals surface area contributed by atoms with Gasteiger partial charge in [-0.3, -0.25) is 4.90 Å². The number of morpholine rings is 1. The summed E-state index contributed by atoms with van der Waals surface area (Å²) in [6.07, 6.45) is 1.43. The Morgan fingerprint density at radius 2 is 2.00 bits per heavy atom. The molecule has 2 aromatic rings. The second-order valence-electron chi connectivity index (χ2n) is 5.67. The van der Waals surface area contributed by atoms with Crippen LogP contribution in [-0.4, -0.2) is 67.5 Å². The van der Waals surface area contributed by atoms with E-state index in [1.165, 1.54) is 12.4 Å². The van der Waals surface area contributed by atoms with Crippen LogP contribution < -0.4 is 4.74 Å². The lowest BCUT2D eigenvalue weighted by atomic mass is 10.2. The van der Waals surface area contributed by atoms with Crippen molar-refractivity contribution in [2.75, 3.05) is 52.7 Å². The topological polar surface area (TPSA) is 56.7 Å².